The molecule has 0 atom stereocenters. The minimum atomic E-state index is -0.209. The van der Waals surface area contributed by atoms with E-state index in [0.29, 0.717) is 24.5 Å². The zero-order valence-electron chi connectivity index (χ0n) is 15.6. The summed E-state index contributed by atoms with van der Waals surface area (Å²) in [6, 6.07) is 18.0. The lowest BCUT2D eigenvalue weighted by atomic mass is 10.1. The van der Waals surface area contributed by atoms with Crippen LogP contribution >= 0.6 is 0 Å². The number of amides is 1. The second kappa shape index (κ2) is 8.35. The highest BCUT2D eigenvalue weighted by Gasteiger charge is 2.24. The van der Waals surface area contributed by atoms with Gasteiger partial charge in [0.25, 0.3) is 5.91 Å². The Morgan fingerprint density at radius 2 is 1.71 bits per heavy atom. The molecule has 1 amide bonds. The van der Waals surface area contributed by atoms with E-state index in [9.17, 15) is 9.18 Å². The van der Waals surface area contributed by atoms with E-state index in [1.165, 1.54) is 12.1 Å². The minimum Gasteiger partial charge on any atom is -0.355 e. The third-order valence-electron chi connectivity index (χ3n) is 5.08. The van der Waals surface area contributed by atoms with Crippen molar-refractivity contribution >= 4 is 5.91 Å². The molecule has 1 saturated heterocycles. The first-order valence-corrected chi connectivity index (χ1v) is 9.47. The molecule has 2 heterocycles. The maximum absolute atomic E-state index is 13.0. The summed E-state index contributed by atoms with van der Waals surface area (Å²) in [6.07, 6.45) is 0.873. The summed E-state index contributed by atoms with van der Waals surface area (Å²) in [7, 11) is 0. The second-order valence-electron chi connectivity index (χ2n) is 6.95. The van der Waals surface area contributed by atoms with Crippen molar-refractivity contribution in [3.8, 4) is 11.3 Å². The highest BCUT2D eigenvalue weighted by atomic mass is 19.1. The molecule has 0 bridgehead atoms. The molecule has 3 aromatic rings. The molecule has 0 spiro atoms. The molecular weight excluding hydrogens is 357 g/mol. The van der Waals surface area contributed by atoms with Gasteiger partial charge in [-0.05, 0) is 24.1 Å². The lowest BCUT2D eigenvalue weighted by molar-refractivity contribution is 0.0628. The molecule has 0 aliphatic carbocycles. The van der Waals surface area contributed by atoms with Gasteiger partial charge in [0.15, 0.2) is 11.5 Å². The van der Waals surface area contributed by atoms with E-state index in [1.54, 1.807) is 6.07 Å². The lowest BCUT2D eigenvalue weighted by Crippen LogP contribution is -2.49. The number of hydrogen-bond donors (Lipinski definition) is 0. The Morgan fingerprint density at radius 1 is 1.00 bits per heavy atom. The van der Waals surface area contributed by atoms with E-state index in [-0.39, 0.29) is 11.7 Å². The maximum Gasteiger partial charge on any atom is 0.276 e. The van der Waals surface area contributed by atoms with Crippen LogP contribution in [0.15, 0.2) is 65.2 Å². The molecule has 0 radical (unpaired) electrons. The molecule has 0 N–H and O–H groups in total. The maximum atomic E-state index is 13.0. The van der Waals surface area contributed by atoms with Gasteiger partial charge in [0.1, 0.15) is 5.82 Å². The number of piperazine rings is 1. The van der Waals surface area contributed by atoms with Gasteiger partial charge in [-0.2, -0.15) is 0 Å². The number of nitrogens with zero attached hydrogens (tertiary/aromatic N) is 3. The summed E-state index contributed by atoms with van der Waals surface area (Å²) >= 11 is 0. The van der Waals surface area contributed by atoms with Crippen LogP contribution in [0.4, 0.5) is 4.39 Å². The van der Waals surface area contributed by atoms with Crippen molar-refractivity contribution in [2.45, 2.75) is 6.42 Å². The summed E-state index contributed by atoms with van der Waals surface area (Å²) in [5.41, 5.74) is 2.37. The van der Waals surface area contributed by atoms with Crippen LogP contribution in [-0.4, -0.2) is 53.6 Å². The van der Waals surface area contributed by atoms with Gasteiger partial charge in [-0.15, -0.1) is 0 Å². The number of carbonyl (C=O) groups excluding carboxylic acids is 1. The van der Waals surface area contributed by atoms with Crippen molar-refractivity contribution in [2.75, 3.05) is 32.7 Å². The number of carbonyl (C=O) groups is 1. The summed E-state index contributed by atoms with van der Waals surface area (Å²) in [4.78, 5) is 16.9. The highest BCUT2D eigenvalue weighted by Crippen LogP contribution is 2.20. The number of hydrogen-bond acceptors (Lipinski definition) is 4. The minimum absolute atomic E-state index is 0.0934. The largest absolute Gasteiger partial charge is 0.355 e. The van der Waals surface area contributed by atoms with Gasteiger partial charge in [-0.25, -0.2) is 4.39 Å². The number of aromatic nitrogens is 1. The van der Waals surface area contributed by atoms with E-state index >= 15 is 0 Å². The van der Waals surface area contributed by atoms with Gasteiger partial charge in [0.2, 0.25) is 0 Å². The van der Waals surface area contributed by atoms with Crippen molar-refractivity contribution < 1.29 is 13.7 Å². The van der Waals surface area contributed by atoms with Crippen molar-refractivity contribution in [3.05, 3.63) is 77.7 Å². The van der Waals surface area contributed by atoms with E-state index < -0.39 is 0 Å². The first kappa shape index (κ1) is 18.4. The van der Waals surface area contributed by atoms with Crippen LogP contribution in [0.5, 0.6) is 0 Å². The topological polar surface area (TPSA) is 49.6 Å². The number of halogens is 1. The SMILES string of the molecule is O=C(c1cc(-c2ccccc2)on1)N1CCN(CCc2ccc(F)cc2)CC1. The summed E-state index contributed by atoms with van der Waals surface area (Å²) in [5.74, 6) is 0.296. The molecule has 1 aromatic heterocycles. The normalized spacial score (nSPS) is 15.0. The van der Waals surface area contributed by atoms with Crippen molar-refractivity contribution in [1.29, 1.82) is 0 Å². The third-order valence-corrected chi connectivity index (χ3v) is 5.08. The molecule has 28 heavy (non-hydrogen) atoms. The van der Waals surface area contributed by atoms with Crippen LogP contribution in [0, 0.1) is 5.82 Å². The van der Waals surface area contributed by atoms with Crippen molar-refractivity contribution in [2.24, 2.45) is 0 Å². The van der Waals surface area contributed by atoms with Gasteiger partial charge in [0.05, 0.1) is 0 Å². The molecule has 2 aromatic carbocycles. The predicted molar refractivity (Wildman–Crippen MR) is 104 cm³/mol. The molecule has 0 saturated carbocycles. The van der Waals surface area contributed by atoms with E-state index in [2.05, 4.69) is 10.1 Å². The van der Waals surface area contributed by atoms with Gasteiger partial charge in [-0.1, -0.05) is 47.6 Å². The number of benzene rings is 2. The molecule has 1 aliphatic heterocycles. The second-order valence-corrected chi connectivity index (χ2v) is 6.95. The Labute approximate surface area is 163 Å². The average Bonchev–Trinajstić information content (AvgIpc) is 3.24. The molecule has 1 fully saturated rings. The zero-order chi connectivity index (χ0) is 19.3. The monoisotopic (exact) mass is 379 g/mol. The fourth-order valence-electron chi connectivity index (χ4n) is 3.39. The van der Waals surface area contributed by atoms with E-state index in [4.69, 9.17) is 4.52 Å². The van der Waals surface area contributed by atoms with Crippen LogP contribution in [0.2, 0.25) is 0 Å². The van der Waals surface area contributed by atoms with Gasteiger partial charge < -0.3 is 9.42 Å². The van der Waals surface area contributed by atoms with Crippen LogP contribution in [-0.2, 0) is 6.42 Å². The Kier molecular flexibility index (Phi) is 5.48. The van der Waals surface area contributed by atoms with Crippen molar-refractivity contribution in [1.82, 2.24) is 15.0 Å². The average molecular weight is 379 g/mol. The molecule has 5 nitrogen and oxygen atoms in total. The van der Waals surface area contributed by atoms with Crippen LogP contribution in [0.1, 0.15) is 16.1 Å². The zero-order valence-corrected chi connectivity index (χ0v) is 15.6. The summed E-state index contributed by atoms with van der Waals surface area (Å²) in [5, 5.41) is 3.96. The Balaban J connectivity index is 1.29. The fourth-order valence-corrected chi connectivity index (χ4v) is 3.39. The lowest BCUT2D eigenvalue weighted by Gasteiger charge is -2.34. The van der Waals surface area contributed by atoms with Crippen LogP contribution in [0.3, 0.4) is 0 Å². The molecule has 0 unspecified atom stereocenters. The quantitative estimate of drug-likeness (QED) is 0.681. The van der Waals surface area contributed by atoms with Gasteiger partial charge in [-0.3, -0.25) is 9.69 Å². The standard InChI is InChI=1S/C22H22FN3O2/c23-19-8-6-17(7-9-19)10-11-25-12-14-26(15-13-25)22(27)20-16-21(28-24-20)18-4-2-1-3-5-18/h1-9,16H,10-15H2. The Bertz CT molecular complexity index is 916. The predicted octanol–water partition coefficient (Wildman–Crippen LogP) is 3.48. The van der Waals surface area contributed by atoms with E-state index in [1.807, 2.05) is 47.4 Å². The van der Waals surface area contributed by atoms with E-state index in [0.717, 1.165) is 37.2 Å². The highest BCUT2D eigenvalue weighted by molar-refractivity contribution is 5.93. The van der Waals surface area contributed by atoms with Crippen LogP contribution in [0.25, 0.3) is 11.3 Å². The van der Waals surface area contributed by atoms with Crippen LogP contribution < -0.4 is 0 Å². The molecule has 1 aliphatic rings. The fraction of sp³-hybridized carbons (Fsp3) is 0.273. The first-order valence-electron chi connectivity index (χ1n) is 9.47. The number of rotatable bonds is 5. The molecular formula is C22H22FN3O2. The molecule has 144 valence electrons. The van der Waals surface area contributed by atoms with Gasteiger partial charge in [0, 0.05) is 44.4 Å². The summed E-state index contributed by atoms with van der Waals surface area (Å²) in [6.45, 7) is 3.86. The van der Waals surface area contributed by atoms with Gasteiger partial charge >= 0.3 is 0 Å². The Hall–Kier alpha value is -2.99. The van der Waals surface area contributed by atoms with Crippen molar-refractivity contribution in [3.63, 3.8) is 0 Å². The first-order chi connectivity index (χ1) is 13.7. The smallest absolute Gasteiger partial charge is 0.276 e. The summed E-state index contributed by atoms with van der Waals surface area (Å²) < 4.78 is 18.3. The molecule has 4 rings (SSSR count). The molecule has 6 heteroatoms. The third kappa shape index (κ3) is 4.28. The Morgan fingerprint density at radius 3 is 2.43 bits per heavy atom.